The molecule has 3 rings (SSSR count). The molecular weight excluding hydrogens is 630 g/mol. The first-order valence-corrected chi connectivity index (χ1v) is 17.4. The van der Waals surface area contributed by atoms with Crippen LogP contribution in [-0.2, 0) is 56.8 Å². The maximum absolute atomic E-state index is 12.2. The SMILES string of the molecule is CC(=O)OC[C@H]1O[C@@H](O[C@@H]2C=C(O[Si](C)(C)C(C)(C)C)C[C@H](c3ccc([N+](=O)[O-])o3)O2)[C@H](OC(C)=O)[C@@H](OC(C)=O)[C@@H]1OC(C)=O. The molecule has 0 unspecified atom stereocenters. The third kappa shape index (κ3) is 9.60. The van der Waals surface area contributed by atoms with Gasteiger partial charge in [0, 0.05) is 40.2 Å². The summed E-state index contributed by atoms with van der Waals surface area (Å²) < 4.78 is 51.7. The Labute approximate surface area is 266 Å². The van der Waals surface area contributed by atoms with E-state index in [-0.39, 0.29) is 17.2 Å². The number of carbonyl (C=O) groups is 4. The van der Waals surface area contributed by atoms with Gasteiger partial charge in [0.25, 0.3) is 0 Å². The van der Waals surface area contributed by atoms with Crippen LogP contribution < -0.4 is 0 Å². The highest BCUT2D eigenvalue weighted by molar-refractivity contribution is 6.74. The zero-order valence-corrected chi connectivity index (χ0v) is 28.3. The lowest BCUT2D eigenvalue weighted by atomic mass is 9.98. The van der Waals surface area contributed by atoms with Crippen molar-refractivity contribution in [3.8, 4) is 0 Å². The summed E-state index contributed by atoms with van der Waals surface area (Å²) in [5, 5.41) is 11.1. The normalized spacial score (nSPS) is 26.7. The molecule has 0 bridgehead atoms. The van der Waals surface area contributed by atoms with Crippen molar-refractivity contribution in [1.82, 2.24) is 0 Å². The van der Waals surface area contributed by atoms with Gasteiger partial charge in [0.05, 0.1) is 11.8 Å². The van der Waals surface area contributed by atoms with Crippen LogP contribution in [0.1, 0.15) is 66.8 Å². The van der Waals surface area contributed by atoms with Gasteiger partial charge < -0.3 is 42.0 Å². The third-order valence-corrected chi connectivity index (χ3v) is 11.9. The Morgan fingerprint density at radius 3 is 2.02 bits per heavy atom. The fourth-order valence-electron chi connectivity index (χ4n) is 4.49. The molecule has 2 aliphatic rings. The van der Waals surface area contributed by atoms with E-state index in [0.717, 1.165) is 27.7 Å². The van der Waals surface area contributed by atoms with Crippen LogP contribution in [0.15, 0.2) is 28.4 Å². The lowest BCUT2D eigenvalue weighted by Crippen LogP contribution is -2.63. The van der Waals surface area contributed by atoms with E-state index in [1.165, 1.54) is 12.1 Å². The number of hydrogen-bond donors (Lipinski definition) is 0. The molecule has 0 radical (unpaired) electrons. The maximum atomic E-state index is 12.2. The molecule has 1 fully saturated rings. The van der Waals surface area contributed by atoms with Gasteiger partial charge in [-0.1, -0.05) is 20.8 Å². The minimum absolute atomic E-state index is 0.131. The summed E-state index contributed by atoms with van der Waals surface area (Å²) in [6.45, 7) is 14.3. The Morgan fingerprint density at radius 2 is 1.50 bits per heavy atom. The average Bonchev–Trinajstić information content (AvgIpc) is 3.40. The van der Waals surface area contributed by atoms with Crippen LogP contribution in [0, 0.1) is 10.1 Å². The van der Waals surface area contributed by atoms with Crippen molar-refractivity contribution in [3.63, 3.8) is 0 Å². The van der Waals surface area contributed by atoms with Crippen molar-refractivity contribution in [2.45, 2.75) is 116 Å². The summed E-state index contributed by atoms with van der Waals surface area (Å²) in [7, 11) is -2.41. The van der Waals surface area contributed by atoms with E-state index in [1.807, 2.05) is 13.1 Å². The maximum Gasteiger partial charge on any atom is 0.433 e. The number of carbonyl (C=O) groups excluding carboxylic acids is 4. The molecule has 0 aromatic carbocycles. The molecule has 0 N–H and O–H groups in total. The van der Waals surface area contributed by atoms with Gasteiger partial charge in [0.2, 0.25) is 14.6 Å². The van der Waals surface area contributed by atoms with Crippen molar-refractivity contribution in [1.29, 1.82) is 0 Å². The van der Waals surface area contributed by atoms with E-state index >= 15 is 0 Å². The van der Waals surface area contributed by atoms with E-state index in [1.54, 1.807) is 6.08 Å². The van der Waals surface area contributed by atoms with Crippen molar-refractivity contribution in [2.24, 2.45) is 0 Å². The topological polar surface area (TPSA) is 198 Å². The van der Waals surface area contributed by atoms with E-state index in [4.69, 9.17) is 42.0 Å². The fraction of sp³-hybridized carbons (Fsp3) is 0.655. The second-order valence-corrected chi connectivity index (χ2v) is 17.1. The van der Waals surface area contributed by atoms with Gasteiger partial charge in [-0.15, -0.1) is 0 Å². The standard InChI is InChI=1S/C29H41NO15Si/c1-15(31)37-14-22-25(38-16(2)32)26(39-17(3)33)27(40-18(4)34)28(43-22)44-24-13-19(45-46(8,9)29(5,6)7)12-21(42-24)20-10-11-23(41-20)30(35)36/h10-11,13,21-22,24-28H,12,14H2,1-9H3/t21-,22-,24-,25-,26+,27-,28+/m1/s1. The van der Waals surface area contributed by atoms with Crippen molar-refractivity contribution >= 4 is 38.1 Å². The highest BCUT2D eigenvalue weighted by atomic mass is 28.4. The minimum Gasteiger partial charge on any atom is -0.546 e. The van der Waals surface area contributed by atoms with Gasteiger partial charge in [-0.25, -0.2) is 0 Å². The number of rotatable bonds is 11. The Hall–Kier alpha value is -3.80. The Morgan fingerprint density at radius 1 is 0.913 bits per heavy atom. The average molecular weight is 672 g/mol. The van der Waals surface area contributed by atoms with Crippen molar-refractivity contribution in [3.05, 3.63) is 39.8 Å². The number of nitrogens with zero attached hydrogens (tertiary/aromatic N) is 1. The van der Waals surface area contributed by atoms with Crippen LogP contribution in [-0.4, -0.2) is 80.7 Å². The molecule has 17 heteroatoms. The van der Waals surface area contributed by atoms with Crippen LogP contribution >= 0.6 is 0 Å². The molecule has 1 aromatic heterocycles. The third-order valence-electron chi connectivity index (χ3n) is 7.53. The molecule has 256 valence electrons. The van der Waals surface area contributed by atoms with E-state index < -0.39 is 92.7 Å². The minimum atomic E-state index is -2.41. The van der Waals surface area contributed by atoms with Crippen LogP contribution in [0.25, 0.3) is 0 Å². The first-order valence-electron chi connectivity index (χ1n) is 14.5. The summed E-state index contributed by atoms with van der Waals surface area (Å²) >= 11 is 0. The quantitative estimate of drug-likeness (QED) is 0.107. The summed E-state index contributed by atoms with van der Waals surface area (Å²) in [6, 6.07) is 2.60. The molecule has 7 atom stereocenters. The molecule has 0 amide bonds. The predicted molar refractivity (Wildman–Crippen MR) is 157 cm³/mol. The lowest BCUT2D eigenvalue weighted by Gasteiger charge is -2.45. The van der Waals surface area contributed by atoms with Crippen LogP contribution in [0.3, 0.4) is 0 Å². The molecule has 16 nitrogen and oxygen atoms in total. The zero-order chi connectivity index (χ0) is 34.6. The molecule has 46 heavy (non-hydrogen) atoms. The lowest BCUT2D eigenvalue weighted by molar-refractivity contribution is -0.402. The second kappa shape index (κ2) is 14.7. The Balaban J connectivity index is 2.05. The number of furan rings is 1. The van der Waals surface area contributed by atoms with Crippen LogP contribution in [0.2, 0.25) is 18.1 Å². The van der Waals surface area contributed by atoms with Gasteiger partial charge in [0.15, 0.2) is 24.6 Å². The molecule has 0 aliphatic carbocycles. The molecule has 1 aromatic rings. The molecule has 0 saturated carbocycles. The smallest absolute Gasteiger partial charge is 0.433 e. The summed E-state index contributed by atoms with van der Waals surface area (Å²) in [5.74, 6) is -2.95. The van der Waals surface area contributed by atoms with Gasteiger partial charge in [-0.05, 0) is 24.2 Å². The monoisotopic (exact) mass is 671 g/mol. The fourth-order valence-corrected chi connectivity index (χ4v) is 5.60. The number of nitro groups is 1. The zero-order valence-electron chi connectivity index (χ0n) is 27.3. The van der Waals surface area contributed by atoms with Gasteiger partial charge >= 0.3 is 29.8 Å². The molecule has 3 heterocycles. The van der Waals surface area contributed by atoms with Crippen molar-refractivity contribution < 1.29 is 66.1 Å². The molecular formula is C29H41NO15Si. The van der Waals surface area contributed by atoms with Gasteiger partial charge in [-0.3, -0.25) is 29.3 Å². The first-order chi connectivity index (χ1) is 21.3. The molecule has 0 spiro atoms. The Bertz CT molecular complexity index is 1330. The largest absolute Gasteiger partial charge is 0.546 e. The predicted octanol–water partition coefficient (Wildman–Crippen LogP) is 3.98. The van der Waals surface area contributed by atoms with Gasteiger partial charge in [0.1, 0.15) is 29.5 Å². The van der Waals surface area contributed by atoms with E-state index in [2.05, 4.69) is 20.8 Å². The van der Waals surface area contributed by atoms with Crippen LogP contribution in [0.4, 0.5) is 5.88 Å². The highest BCUT2D eigenvalue weighted by Gasteiger charge is 2.54. The first kappa shape index (κ1) is 36.7. The second-order valence-electron chi connectivity index (χ2n) is 12.3. The summed E-state index contributed by atoms with van der Waals surface area (Å²) in [6.07, 6.45) is -7.61. The van der Waals surface area contributed by atoms with E-state index in [9.17, 15) is 29.3 Å². The van der Waals surface area contributed by atoms with Crippen molar-refractivity contribution in [2.75, 3.05) is 6.61 Å². The molecule has 2 aliphatic heterocycles. The summed E-state index contributed by atoms with van der Waals surface area (Å²) in [4.78, 5) is 58.7. The number of esters is 4. The van der Waals surface area contributed by atoms with Gasteiger partial charge in [-0.2, -0.15) is 0 Å². The number of hydrogen-bond acceptors (Lipinski definition) is 15. The van der Waals surface area contributed by atoms with Crippen LogP contribution in [0.5, 0.6) is 0 Å². The summed E-state index contributed by atoms with van der Waals surface area (Å²) in [5.41, 5.74) is 0. The molecule has 1 saturated heterocycles. The number of ether oxygens (including phenoxy) is 7. The van der Waals surface area contributed by atoms with E-state index in [0.29, 0.717) is 5.76 Å². The highest BCUT2D eigenvalue weighted by Crippen LogP contribution is 2.42. The Kier molecular flexibility index (Phi) is 11.7.